The normalized spacial score (nSPS) is 15.6. The quantitative estimate of drug-likeness (QED) is 0.576. The van der Waals surface area contributed by atoms with Crippen LogP contribution in [0.3, 0.4) is 0 Å². The fourth-order valence-electron chi connectivity index (χ4n) is 2.67. The molecule has 25 heavy (non-hydrogen) atoms. The van der Waals surface area contributed by atoms with Gasteiger partial charge in [0, 0.05) is 6.07 Å². The molecule has 0 spiro atoms. The van der Waals surface area contributed by atoms with E-state index in [0.717, 1.165) is 34.8 Å². The van der Waals surface area contributed by atoms with Crippen LogP contribution in [0.2, 0.25) is 0 Å². The van der Waals surface area contributed by atoms with Gasteiger partial charge in [0.1, 0.15) is 30.8 Å². The molecule has 1 aliphatic heterocycles. The molecule has 1 saturated heterocycles. The van der Waals surface area contributed by atoms with E-state index in [2.05, 4.69) is 24.3 Å². The molecular formula is C22H20O3. The van der Waals surface area contributed by atoms with Crippen molar-refractivity contribution < 1.29 is 14.2 Å². The molecule has 0 radical (unpaired) electrons. The lowest BCUT2D eigenvalue weighted by atomic mass is 10.1. The molecule has 1 atom stereocenters. The van der Waals surface area contributed by atoms with Gasteiger partial charge in [0.2, 0.25) is 0 Å². The molecule has 126 valence electrons. The molecule has 3 heteroatoms. The minimum Gasteiger partial charge on any atom is -0.489 e. The van der Waals surface area contributed by atoms with Crippen molar-refractivity contribution >= 4 is 0 Å². The van der Waals surface area contributed by atoms with Gasteiger partial charge in [-0.3, -0.25) is 0 Å². The van der Waals surface area contributed by atoms with Crippen molar-refractivity contribution in [2.24, 2.45) is 0 Å². The Hall–Kier alpha value is -2.78. The summed E-state index contributed by atoms with van der Waals surface area (Å²) in [5.41, 5.74) is 3.39. The average Bonchev–Trinajstić information content (AvgIpc) is 3.52. The second kappa shape index (κ2) is 7.41. The zero-order valence-corrected chi connectivity index (χ0v) is 13.9. The van der Waals surface area contributed by atoms with Gasteiger partial charge in [-0.15, -0.1) is 0 Å². The fourth-order valence-corrected chi connectivity index (χ4v) is 2.67. The molecule has 1 fully saturated rings. The monoisotopic (exact) mass is 332 g/mol. The highest BCUT2D eigenvalue weighted by molar-refractivity contribution is 5.40. The summed E-state index contributed by atoms with van der Waals surface area (Å²) in [5, 5.41) is 0. The van der Waals surface area contributed by atoms with E-state index in [1.807, 2.05) is 54.6 Å². The maximum atomic E-state index is 5.97. The summed E-state index contributed by atoms with van der Waals surface area (Å²) < 4.78 is 17.4. The molecule has 0 aliphatic carbocycles. The van der Waals surface area contributed by atoms with E-state index in [-0.39, 0.29) is 6.10 Å². The predicted molar refractivity (Wildman–Crippen MR) is 96.7 cm³/mol. The highest BCUT2D eigenvalue weighted by atomic mass is 16.6. The van der Waals surface area contributed by atoms with Crippen LogP contribution in [0.25, 0.3) is 0 Å². The first-order valence-corrected chi connectivity index (χ1v) is 8.47. The Bertz CT molecular complexity index is 749. The van der Waals surface area contributed by atoms with Gasteiger partial charge in [0.15, 0.2) is 0 Å². The van der Waals surface area contributed by atoms with Crippen LogP contribution in [0.1, 0.15) is 22.8 Å². The summed E-state index contributed by atoms with van der Waals surface area (Å²) in [4.78, 5) is 0. The minimum atomic E-state index is 0.166. The Morgan fingerprint density at radius 2 is 1.20 bits per heavy atom. The number of rotatable bonds is 7. The summed E-state index contributed by atoms with van der Waals surface area (Å²) in [6.45, 7) is 1.84. The third-order valence-electron chi connectivity index (χ3n) is 4.10. The molecule has 0 bridgehead atoms. The molecule has 4 rings (SSSR count). The van der Waals surface area contributed by atoms with E-state index in [9.17, 15) is 0 Å². The number of benzene rings is 3. The van der Waals surface area contributed by atoms with Gasteiger partial charge in [-0.05, 0) is 28.8 Å². The van der Waals surface area contributed by atoms with Crippen LogP contribution in [0.4, 0.5) is 0 Å². The highest BCUT2D eigenvalue weighted by Crippen LogP contribution is 2.35. The molecule has 0 aromatic heterocycles. The Labute approximate surface area is 147 Å². The van der Waals surface area contributed by atoms with Crippen LogP contribution < -0.4 is 9.47 Å². The van der Waals surface area contributed by atoms with Crippen LogP contribution in [0, 0.1) is 0 Å². The molecule has 0 N–H and O–H groups in total. The van der Waals surface area contributed by atoms with E-state index >= 15 is 0 Å². The summed E-state index contributed by atoms with van der Waals surface area (Å²) in [6.07, 6.45) is 0.166. The van der Waals surface area contributed by atoms with Crippen molar-refractivity contribution in [2.45, 2.75) is 19.3 Å². The third-order valence-corrected chi connectivity index (χ3v) is 4.10. The SMILES string of the molecule is c1ccc(COc2cc(OCc3ccccc3)cc([C@H]3CO3)c2)cc1. The fraction of sp³-hybridized carbons (Fsp3) is 0.182. The predicted octanol–water partition coefficient (Wildman–Crippen LogP) is 4.92. The van der Waals surface area contributed by atoms with Crippen molar-refractivity contribution in [1.82, 2.24) is 0 Å². The summed E-state index contributed by atoms with van der Waals surface area (Å²) in [7, 11) is 0. The van der Waals surface area contributed by atoms with Gasteiger partial charge >= 0.3 is 0 Å². The lowest BCUT2D eigenvalue weighted by Crippen LogP contribution is -1.99. The Kier molecular flexibility index (Phi) is 4.66. The van der Waals surface area contributed by atoms with Crippen molar-refractivity contribution in [2.75, 3.05) is 6.61 Å². The van der Waals surface area contributed by atoms with E-state index in [1.54, 1.807) is 0 Å². The molecule has 1 aliphatic rings. The van der Waals surface area contributed by atoms with Crippen molar-refractivity contribution in [3.05, 3.63) is 95.6 Å². The smallest absolute Gasteiger partial charge is 0.123 e. The van der Waals surface area contributed by atoms with Crippen LogP contribution in [-0.2, 0) is 18.0 Å². The highest BCUT2D eigenvalue weighted by Gasteiger charge is 2.26. The van der Waals surface area contributed by atoms with E-state index in [1.165, 1.54) is 0 Å². The Morgan fingerprint density at radius 1 is 0.720 bits per heavy atom. The van der Waals surface area contributed by atoms with E-state index in [0.29, 0.717) is 13.2 Å². The van der Waals surface area contributed by atoms with Gasteiger partial charge in [-0.25, -0.2) is 0 Å². The minimum absolute atomic E-state index is 0.166. The van der Waals surface area contributed by atoms with Crippen molar-refractivity contribution in [3.63, 3.8) is 0 Å². The maximum Gasteiger partial charge on any atom is 0.123 e. The second-order valence-corrected chi connectivity index (χ2v) is 6.11. The summed E-state index contributed by atoms with van der Waals surface area (Å²) >= 11 is 0. The molecular weight excluding hydrogens is 312 g/mol. The van der Waals surface area contributed by atoms with E-state index in [4.69, 9.17) is 14.2 Å². The molecule has 3 nitrogen and oxygen atoms in total. The second-order valence-electron chi connectivity index (χ2n) is 6.11. The first kappa shape index (κ1) is 15.7. The standard InChI is InChI=1S/C22H20O3/c1-3-7-17(8-4-1)14-23-20-11-19(22-16-25-22)12-21(13-20)24-15-18-9-5-2-6-10-18/h1-13,22H,14-16H2/t22-/m1/s1. The lowest BCUT2D eigenvalue weighted by molar-refractivity contribution is 0.288. The maximum absolute atomic E-state index is 5.97. The largest absolute Gasteiger partial charge is 0.489 e. The molecule has 3 aromatic carbocycles. The molecule has 0 saturated carbocycles. The molecule has 0 unspecified atom stereocenters. The van der Waals surface area contributed by atoms with Gasteiger partial charge in [-0.1, -0.05) is 60.7 Å². The average molecular weight is 332 g/mol. The van der Waals surface area contributed by atoms with Gasteiger partial charge in [-0.2, -0.15) is 0 Å². The molecule has 0 amide bonds. The Morgan fingerprint density at radius 3 is 1.64 bits per heavy atom. The van der Waals surface area contributed by atoms with Crippen LogP contribution in [-0.4, -0.2) is 6.61 Å². The van der Waals surface area contributed by atoms with Gasteiger partial charge in [0.25, 0.3) is 0 Å². The summed E-state index contributed by atoms with van der Waals surface area (Å²) in [5.74, 6) is 1.61. The number of hydrogen-bond acceptors (Lipinski definition) is 3. The van der Waals surface area contributed by atoms with Crippen LogP contribution in [0.15, 0.2) is 78.9 Å². The van der Waals surface area contributed by atoms with Crippen molar-refractivity contribution in [1.29, 1.82) is 0 Å². The summed E-state index contributed by atoms with van der Waals surface area (Å²) in [6, 6.07) is 26.3. The van der Waals surface area contributed by atoms with E-state index < -0.39 is 0 Å². The van der Waals surface area contributed by atoms with Crippen LogP contribution >= 0.6 is 0 Å². The molecule has 1 heterocycles. The number of hydrogen-bond donors (Lipinski definition) is 0. The topological polar surface area (TPSA) is 31.0 Å². The van der Waals surface area contributed by atoms with Crippen LogP contribution in [0.5, 0.6) is 11.5 Å². The zero-order chi connectivity index (χ0) is 16.9. The Balaban J connectivity index is 1.47. The lowest BCUT2D eigenvalue weighted by Gasteiger charge is -2.12. The van der Waals surface area contributed by atoms with Gasteiger partial charge in [0.05, 0.1) is 6.61 Å². The number of ether oxygens (including phenoxy) is 3. The molecule has 3 aromatic rings. The third kappa shape index (κ3) is 4.40. The first-order valence-electron chi connectivity index (χ1n) is 8.47. The number of epoxide rings is 1. The first-order chi connectivity index (χ1) is 12.4. The van der Waals surface area contributed by atoms with Gasteiger partial charge < -0.3 is 14.2 Å². The van der Waals surface area contributed by atoms with Crippen molar-refractivity contribution in [3.8, 4) is 11.5 Å². The zero-order valence-electron chi connectivity index (χ0n) is 13.9.